The highest BCUT2D eigenvalue weighted by Crippen LogP contribution is 2.19. The van der Waals surface area contributed by atoms with Crippen LogP contribution >= 0.6 is 11.8 Å². The third-order valence-electron chi connectivity index (χ3n) is 2.45. The fraction of sp³-hybridized carbons (Fsp3) is 0.200. The molecule has 88 valence electrons. The van der Waals surface area contributed by atoms with E-state index >= 15 is 0 Å². The average molecular weight is 244 g/mol. The van der Waals surface area contributed by atoms with Gasteiger partial charge in [0, 0.05) is 10.6 Å². The van der Waals surface area contributed by atoms with Crippen LogP contribution in [0.25, 0.3) is 0 Å². The molecular weight excluding hydrogens is 228 g/mol. The normalized spacial score (nSPS) is 10.2. The van der Waals surface area contributed by atoms with Gasteiger partial charge in [0.1, 0.15) is 5.75 Å². The number of aryl methyl sites for hydroxylation is 1. The first-order valence-electron chi connectivity index (χ1n) is 5.72. The Hall–Kier alpha value is -1.41. The minimum Gasteiger partial charge on any atom is -0.492 e. The predicted molar refractivity (Wildman–Crippen MR) is 73.8 cm³/mol. The van der Waals surface area contributed by atoms with Crippen LogP contribution in [-0.2, 0) is 0 Å². The van der Waals surface area contributed by atoms with Crippen molar-refractivity contribution >= 4 is 11.8 Å². The number of thioether (sulfide) groups is 1. The molecule has 1 nitrogen and oxygen atoms in total. The van der Waals surface area contributed by atoms with E-state index in [-0.39, 0.29) is 0 Å². The largest absolute Gasteiger partial charge is 0.492 e. The summed E-state index contributed by atoms with van der Waals surface area (Å²) in [6, 6.07) is 18.5. The second kappa shape index (κ2) is 6.36. The van der Waals surface area contributed by atoms with Crippen molar-refractivity contribution in [3.63, 3.8) is 0 Å². The number of para-hydroxylation sites is 1. The maximum atomic E-state index is 5.74. The zero-order valence-electron chi connectivity index (χ0n) is 9.93. The molecule has 0 saturated heterocycles. The number of benzene rings is 2. The van der Waals surface area contributed by atoms with Crippen LogP contribution in [0, 0.1) is 6.92 Å². The molecule has 0 heterocycles. The van der Waals surface area contributed by atoms with Gasteiger partial charge in [0.15, 0.2) is 0 Å². The van der Waals surface area contributed by atoms with Gasteiger partial charge < -0.3 is 4.74 Å². The van der Waals surface area contributed by atoms with Crippen LogP contribution in [0.4, 0.5) is 0 Å². The van der Waals surface area contributed by atoms with Gasteiger partial charge in [-0.25, -0.2) is 0 Å². The quantitative estimate of drug-likeness (QED) is 0.577. The number of hydrogen-bond donors (Lipinski definition) is 0. The second-order valence-electron chi connectivity index (χ2n) is 3.78. The van der Waals surface area contributed by atoms with Gasteiger partial charge in [0.25, 0.3) is 0 Å². The standard InChI is InChI=1S/C15H16OS/c1-13-7-5-6-10-15(13)16-11-12-17-14-8-3-2-4-9-14/h2-10H,11-12H2,1H3. The van der Waals surface area contributed by atoms with Crippen molar-refractivity contribution in [1.29, 1.82) is 0 Å². The maximum Gasteiger partial charge on any atom is 0.122 e. The fourth-order valence-corrected chi connectivity index (χ4v) is 2.30. The summed E-state index contributed by atoms with van der Waals surface area (Å²) in [4.78, 5) is 1.29. The molecule has 0 aromatic heterocycles. The molecule has 0 N–H and O–H groups in total. The van der Waals surface area contributed by atoms with Crippen molar-refractivity contribution in [2.75, 3.05) is 12.4 Å². The first-order valence-corrected chi connectivity index (χ1v) is 6.71. The molecule has 0 aliphatic carbocycles. The maximum absolute atomic E-state index is 5.74. The van der Waals surface area contributed by atoms with E-state index in [4.69, 9.17) is 4.74 Å². The van der Waals surface area contributed by atoms with Gasteiger partial charge in [-0.05, 0) is 30.7 Å². The van der Waals surface area contributed by atoms with Crippen molar-refractivity contribution in [1.82, 2.24) is 0 Å². The summed E-state index contributed by atoms with van der Waals surface area (Å²) in [6.07, 6.45) is 0. The molecule has 2 rings (SSSR count). The Morgan fingerprint density at radius 1 is 0.941 bits per heavy atom. The molecule has 2 aromatic rings. The van der Waals surface area contributed by atoms with Crippen LogP contribution in [0.3, 0.4) is 0 Å². The molecule has 0 amide bonds. The molecule has 0 spiro atoms. The second-order valence-corrected chi connectivity index (χ2v) is 4.94. The van der Waals surface area contributed by atoms with E-state index in [9.17, 15) is 0 Å². The van der Waals surface area contributed by atoms with Gasteiger partial charge in [-0.3, -0.25) is 0 Å². The van der Waals surface area contributed by atoms with Gasteiger partial charge in [-0.15, -0.1) is 11.8 Å². The third-order valence-corrected chi connectivity index (χ3v) is 3.42. The Morgan fingerprint density at radius 2 is 1.65 bits per heavy atom. The summed E-state index contributed by atoms with van der Waals surface area (Å²) in [5.74, 6) is 1.96. The summed E-state index contributed by atoms with van der Waals surface area (Å²) in [6.45, 7) is 2.81. The lowest BCUT2D eigenvalue weighted by atomic mass is 10.2. The highest BCUT2D eigenvalue weighted by atomic mass is 32.2. The smallest absolute Gasteiger partial charge is 0.122 e. The average Bonchev–Trinajstić information content (AvgIpc) is 2.38. The van der Waals surface area contributed by atoms with Gasteiger partial charge in [-0.1, -0.05) is 36.4 Å². The zero-order valence-corrected chi connectivity index (χ0v) is 10.7. The van der Waals surface area contributed by atoms with E-state index in [0.29, 0.717) is 0 Å². The molecule has 0 atom stereocenters. The van der Waals surface area contributed by atoms with E-state index in [1.54, 1.807) is 0 Å². The predicted octanol–water partition coefficient (Wildman–Crippen LogP) is 4.17. The van der Waals surface area contributed by atoms with E-state index in [2.05, 4.69) is 37.3 Å². The minimum atomic E-state index is 0.740. The van der Waals surface area contributed by atoms with Gasteiger partial charge in [0.05, 0.1) is 6.61 Å². The highest BCUT2D eigenvalue weighted by Gasteiger charge is 1.97. The molecule has 0 aliphatic heterocycles. The Labute approximate surface area is 107 Å². The third kappa shape index (κ3) is 3.82. The van der Waals surface area contributed by atoms with Crippen LogP contribution in [0.15, 0.2) is 59.5 Å². The first kappa shape index (κ1) is 12.1. The van der Waals surface area contributed by atoms with Crippen molar-refractivity contribution in [3.8, 4) is 5.75 Å². The Balaban J connectivity index is 1.76. The van der Waals surface area contributed by atoms with Crippen LogP contribution < -0.4 is 4.74 Å². The summed E-state index contributed by atoms with van der Waals surface area (Å²) in [5, 5.41) is 0. The number of rotatable bonds is 5. The SMILES string of the molecule is Cc1ccccc1OCCSc1ccccc1. The Morgan fingerprint density at radius 3 is 2.41 bits per heavy atom. The van der Waals surface area contributed by atoms with Crippen molar-refractivity contribution in [3.05, 3.63) is 60.2 Å². The summed E-state index contributed by atoms with van der Waals surface area (Å²) in [7, 11) is 0. The van der Waals surface area contributed by atoms with Crippen LogP contribution in [0.1, 0.15) is 5.56 Å². The van der Waals surface area contributed by atoms with E-state index < -0.39 is 0 Å². The molecule has 0 fully saturated rings. The minimum absolute atomic E-state index is 0.740. The number of ether oxygens (including phenoxy) is 1. The molecule has 17 heavy (non-hydrogen) atoms. The lowest BCUT2D eigenvalue weighted by Gasteiger charge is -2.08. The topological polar surface area (TPSA) is 9.23 Å². The van der Waals surface area contributed by atoms with Crippen LogP contribution in [-0.4, -0.2) is 12.4 Å². The van der Waals surface area contributed by atoms with E-state index in [0.717, 1.165) is 18.1 Å². The zero-order chi connectivity index (χ0) is 11.9. The fourth-order valence-electron chi connectivity index (χ4n) is 1.55. The highest BCUT2D eigenvalue weighted by molar-refractivity contribution is 7.99. The molecule has 2 aromatic carbocycles. The van der Waals surface area contributed by atoms with Crippen LogP contribution in [0.5, 0.6) is 5.75 Å². The van der Waals surface area contributed by atoms with E-state index in [1.165, 1.54) is 10.5 Å². The summed E-state index contributed by atoms with van der Waals surface area (Å²) >= 11 is 1.82. The Kier molecular flexibility index (Phi) is 4.51. The van der Waals surface area contributed by atoms with Crippen molar-refractivity contribution in [2.24, 2.45) is 0 Å². The lowest BCUT2D eigenvalue weighted by molar-refractivity contribution is 0.341. The molecule has 0 saturated carbocycles. The summed E-state index contributed by atoms with van der Waals surface area (Å²) in [5.41, 5.74) is 1.19. The monoisotopic (exact) mass is 244 g/mol. The van der Waals surface area contributed by atoms with Crippen molar-refractivity contribution in [2.45, 2.75) is 11.8 Å². The molecular formula is C15H16OS. The van der Waals surface area contributed by atoms with Crippen LogP contribution in [0.2, 0.25) is 0 Å². The molecule has 0 radical (unpaired) electrons. The first-order chi connectivity index (χ1) is 8.36. The van der Waals surface area contributed by atoms with Gasteiger partial charge in [0.2, 0.25) is 0 Å². The van der Waals surface area contributed by atoms with Gasteiger partial charge >= 0.3 is 0 Å². The molecule has 0 bridgehead atoms. The summed E-state index contributed by atoms with van der Waals surface area (Å²) < 4.78 is 5.74. The lowest BCUT2D eigenvalue weighted by Crippen LogP contribution is -2.01. The molecule has 0 unspecified atom stereocenters. The van der Waals surface area contributed by atoms with E-state index in [1.807, 2.05) is 36.0 Å². The Bertz CT molecular complexity index is 453. The molecule has 2 heteroatoms. The number of hydrogen-bond acceptors (Lipinski definition) is 2. The van der Waals surface area contributed by atoms with Crippen molar-refractivity contribution < 1.29 is 4.74 Å². The van der Waals surface area contributed by atoms with Gasteiger partial charge in [-0.2, -0.15) is 0 Å². The molecule has 0 aliphatic rings.